The molecule has 184 valence electrons. The van der Waals surface area contributed by atoms with Crippen LogP contribution in [0.4, 0.5) is 24.5 Å². The molecule has 0 spiro atoms. The van der Waals surface area contributed by atoms with Crippen LogP contribution >= 0.6 is 11.6 Å². The molecule has 13 heteroatoms. The van der Waals surface area contributed by atoms with E-state index in [0.29, 0.717) is 23.3 Å². The maximum absolute atomic E-state index is 13.0. The van der Waals surface area contributed by atoms with E-state index in [1.165, 1.54) is 49.6 Å². The molecule has 3 aromatic carbocycles. The summed E-state index contributed by atoms with van der Waals surface area (Å²) in [4.78, 5) is 20.6. The first-order valence-electron chi connectivity index (χ1n) is 9.72. The number of alkyl halides is 3. The van der Waals surface area contributed by atoms with Gasteiger partial charge in [0.25, 0.3) is 5.69 Å². The van der Waals surface area contributed by atoms with Crippen LogP contribution < -0.4 is 9.47 Å². The van der Waals surface area contributed by atoms with E-state index in [1.54, 1.807) is 0 Å². The first-order chi connectivity index (χ1) is 16.9. The molecule has 0 fully saturated rings. The number of methoxy groups -OCH3 is 1. The van der Waals surface area contributed by atoms with Gasteiger partial charge < -0.3 is 9.47 Å². The lowest BCUT2D eigenvalue weighted by Crippen LogP contribution is -2.06. The summed E-state index contributed by atoms with van der Waals surface area (Å²) in [6.45, 7) is 0. The fourth-order valence-corrected chi connectivity index (χ4v) is 3.32. The molecule has 0 N–H and O–H groups in total. The van der Waals surface area contributed by atoms with Crippen molar-refractivity contribution in [3.05, 3.63) is 96.5 Å². The zero-order chi connectivity index (χ0) is 26.6. The number of hydrogen-bond acceptors (Lipinski definition) is 7. The van der Waals surface area contributed by atoms with Crippen molar-refractivity contribution in [3.8, 4) is 23.3 Å². The fraction of sp³-hybridized carbons (Fsp3) is 0.0870. The van der Waals surface area contributed by atoms with Gasteiger partial charge in [-0.25, -0.2) is 0 Å². The Labute approximate surface area is 205 Å². The molecule has 0 aromatic heterocycles. The summed E-state index contributed by atoms with van der Waals surface area (Å²) in [6, 6.07) is 11.7. The van der Waals surface area contributed by atoms with Crippen molar-refractivity contribution in [2.45, 2.75) is 6.18 Å². The molecule has 0 radical (unpaired) electrons. The summed E-state index contributed by atoms with van der Waals surface area (Å²) in [5.74, 6) is -0.725. The van der Waals surface area contributed by atoms with Crippen molar-refractivity contribution in [2.24, 2.45) is 0 Å². The second-order valence-corrected chi connectivity index (χ2v) is 7.45. The highest BCUT2D eigenvalue weighted by atomic mass is 35.5. The highest BCUT2D eigenvalue weighted by molar-refractivity contribution is 6.32. The third kappa shape index (κ3) is 5.70. The van der Waals surface area contributed by atoms with Gasteiger partial charge in [-0.3, -0.25) is 20.2 Å². The van der Waals surface area contributed by atoms with Gasteiger partial charge in [0.1, 0.15) is 0 Å². The lowest BCUT2D eigenvalue weighted by Gasteiger charge is -2.14. The first-order valence-corrected chi connectivity index (χ1v) is 10.1. The number of allylic oxidation sites excluding steroid dienone is 1. The minimum Gasteiger partial charge on any atom is -0.493 e. The summed E-state index contributed by atoms with van der Waals surface area (Å²) < 4.78 is 49.6. The predicted molar refractivity (Wildman–Crippen MR) is 123 cm³/mol. The Morgan fingerprint density at radius 3 is 2.22 bits per heavy atom. The van der Waals surface area contributed by atoms with E-state index < -0.39 is 33.0 Å². The van der Waals surface area contributed by atoms with Gasteiger partial charge in [-0.15, -0.1) is 0 Å². The van der Waals surface area contributed by atoms with Crippen molar-refractivity contribution in [2.75, 3.05) is 7.11 Å². The summed E-state index contributed by atoms with van der Waals surface area (Å²) in [5.41, 5.74) is -1.44. The van der Waals surface area contributed by atoms with E-state index in [-0.39, 0.29) is 27.8 Å². The SMILES string of the molecule is COc1cc(/C=C(\C#N)c2ccc([N+](=O)[O-])cc2)cc(Cl)c1Oc1ccc(C(F)(F)F)cc1[N+](=O)[O-]. The summed E-state index contributed by atoms with van der Waals surface area (Å²) in [6.07, 6.45) is -3.38. The number of ether oxygens (including phenoxy) is 2. The summed E-state index contributed by atoms with van der Waals surface area (Å²) >= 11 is 6.29. The molecule has 0 aliphatic carbocycles. The molecule has 0 amide bonds. The van der Waals surface area contributed by atoms with Crippen molar-refractivity contribution < 1.29 is 32.5 Å². The molecule has 0 saturated carbocycles. The lowest BCUT2D eigenvalue weighted by molar-refractivity contribution is -0.385. The predicted octanol–water partition coefficient (Wildman–Crippen LogP) is 7.04. The molecule has 0 saturated heterocycles. The zero-order valence-corrected chi connectivity index (χ0v) is 18.8. The Hall–Kier alpha value is -4.63. The molecule has 0 bridgehead atoms. The molecule has 0 atom stereocenters. The molecule has 0 unspecified atom stereocenters. The molecule has 0 aliphatic rings. The van der Waals surface area contributed by atoms with Crippen molar-refractivity contribution in [3.63, 3.8) is 0 Å². The standard InChI is InChI=1S/C23H13ClF3N3O6/c1-35-21-10-13(8-15(12-28)14-2-5-17(6-3-14)29(31)32)9-18(24)22(21)36-20-7-4-16(23(25,26)27)11-19(20)30(33)34/h2-11H,1H3/b15-8+. The minimum absolute atomic E-state index is 0.0241. The molecule has 0 heterocycles. The number of nitrogens with zero attached hydrogens (tertiary/aromatic N) is 3. The van der Waals surface area contributed by atoms with Gasteiger partial charge in [0, 0.05) is 18.2 Å². The molecule has 9 nitrogen and oxygen atoms in total. The quantitative estimate of drug-likeness (QED) is 0.142. The number of nitro groups is 2. The number of nitriles is 1. The normalized spacial score (nSPS) is 11.5. The van der Waals surface area contributed by atoms with Gasteiger partial charge in [-0.05, 0) is 53.6 Å². The number of benzene rings is 3. The topological polar surface area (TPSA) is 129 Å². The molecule has 0 aliphatic heterocycles. The van der Waals surface area contributed by atoms with Crippen LogP contribution in [0.25, 0.3) is 11.6 Å². The van der Waals surface area contributed by atoms with E-state index in [4.69, 9.17) is 21.1 Å². The second kappa shape index (κ2) is 10.3. The van der Waals surface area contributed by atoms with Crippen LogP contribution in [-0.2, 0) is 6.18 Å². The van der Waals surface area contributed by atoms with E-state index >= 15 is 0 Å². The highest BCUT2D eigenvalue weighted by Gasteiger charge is 2.33. The van der Waals surface area contributed by atoms with E-state index in [9.17, 15) is 38.7 Å². The van der Waals surface area contributed by atoms with Crippen LogP contribution in [0.5, 0.6) is 17.2 Å². The minimum atomic E-state index is -4.80. The summed E-state index contributed by atoms with van der Waals surface area (Å²) in [5, 5.41) is 31.6. The van der Waals surface area contributed by atoms with Gasteiger partial charge in [0.15, 0.2) is 11.5 Å². The smallest absolute Gasteiger partial charge is 0.416 e. The number of halogens is 4. The largest absolute Gasteiger partial charge is 0.493 e. The molecular formula is C23H13ClF3N3O6. The zero-order valence-electron chi connectivity index (χ0n) is 18.1. The van der Waals surface area contributed by atoms with Crippen LogP contribution in [0.15, 0.2) is 54.6 Å². The van der Waals surface area contributed by atoms with E-state index in [1.807, 2.05) is 6.07 Å². The maximum Gasteiger partial charge on any atom is 0.416 e. The Kier molecular flexibility index (Phi) is 7.45. The number of rotatable bonds is 7. The average molecular weight is 520 g/mol. The average Bonchev–Trinajstić information content (AvgIpc) is 2.83. The van der Waals surface area contributed by atoms with E-state index in [2.05, 4.69) is 0 Å². The Bertz CT molecular complexity index is 1420. The van der Waals surface area contributed by atoms with Crippen LogP contribution in [0.2, 0.25) is 5.02 Å². The monoisotopic (exact) mass is 519 g/mol. The third-order valence-electron chi connectivity index (χ3n) is 4.77. The lowest BCUT2D eigenvalue weighted by atomic mass is 10.0. The van der Waals surface area contributed by atoms with Crippen LogP contribution in [0, 0.1) is 31.6 Å². The van der Waals surface area contributed by atoms with Gasteiger partial charge >= 0.3 is 11.9 Å². The Morgan fingerprint density at radius 1 is 1.03 bits per heavy atom. The maximum atomic E-state index is 13.0. The summed E-state index contributed by atoms with van der Waals surface area (Å²) in [7, 11) is 1.24. The number of nitro benzene ring substituents is 2. The van der Waals surface area contributed by atoms with Crippen LogP contribution in [0.3, 0.4) is 0 Å². The van der Waals surface area contributed by atoms with Gasteiger partial charge in [-0.1, -0.05) is 11.6 Å². The third-order valence-corrected chi connectivity index (χ3v) is 5.05. The van der Waals surface area contributed by atoms with Crippen molar-refractivity contribution in [1.82, 2.24) is 0 Å². The molecule has 36 heavy (non-hydrogen) atoms. The second-order valence-electron chi connectivity index (χ2n) is 7.05. The van der Waals surface area contributed by atoms with Gasteiger partial charge in [0.2, 0.25) is 5.75 Å². The van der Waals surface area contributed by atoms with Crippen molar-refractivity contribution in [1.29, 1.82) is 5.26 Å². The Morgan fingerprint density at radius 2 is 1.69 bits per heavy atom. The van der Waals surface area contributed by atoms with Gasteiger partial charge in [-0.2, -0.15) is 18.4 Å². The first kappa shape index (κ1) is 26.0. The van der Waals surface area contributed by atoms with Gasteiger partial charge in [0.05, 0.1) is 39.2 Å². The highest BCUT2D eigenvalue weighted by Crippen LogP contribution is 2.44. The molecule has 3 aromatic rings. The van der Waals surface area contributed by atoms with E-state index in [0.717, 1.165) is 6.07 Å². The molecular weight excluding hydrogens is 507 g/mol. The van der Waals surface area contributed by atoms with Crippen LogP contribution in [0.1, 0.15) is 16.7 Å². The molecule has 3 rings (SSSR count). The fourth-order valence-electron chi connectivity index (χ4n) is 3.06. The Balaban J connectivity index is 2.01. The number of non-ortho nitro benzene ring substituents is 1. The van der Waals surface area contributed by atoms with Crippen molar-refractivity contribution >= 4 is 34.6 Å². The van der Waals surface area contributed by atoms with Crippen LogP contribution in [-0.4, -0.2) is 17.0 Å². The number of hydrogen-bond donors (Lipinski definition) is 0.